The van der Waals surface area contributed by atoms with E-state index in [-0.39, 0.29) is 17.8 Å². The van der Waals surface area contributed by atoms with Gasteiger partial charge in [0.15, 0.2) is 0 Å². The van der Waals surface area contributed by atoms with E-state index in [1.54, 1.807) is 6.92 Å². The maximum atomic E-state index is 11.6. The Kier molecular flexibility index (Phi) is 2.68. The second-order valence-electron chi connectivity index (χ2n) is 3.90. The maximum Gasteiger partial charge on any atom is 0.291 e. The zero-order chi connectivity index (χ0) is 10.8. The summed E-state index contributed by atoms with van der Waals surface area (Å²) in [6, 6.07) is 0.0660. The average Bonchev–Trinajstić information content (AvgIpc) is 2.97. The highest BCUT2D eigenvalue weighted by Gasteiger charge is 2.31. The monoisotopic (exact) mass is 209 g/mol. The fourth-order valence-electron chi connectivity index (χ4n) is 1.55. The van der Waals surface area contributed by atoms with E-state index < -0.39 is 0 Å². The van der Waals surface area contributed by atoms with Gasteiger partial charge in [0.2, 0.25) is 5.82 Å². The molecule has 1 aromatic rings. The Labute approximate surface area is 87.6 Å². The number of rotatable bonds is 4. The molecule has 1 unspecified atom stereocenters. The van der Waals surface area contributed by atoms with Crippen molar-refractivity contribution in [1.82, 2.24) is 20.5 Å². The minimum absolute atomic E-state index is 0.0660. The number of nitrogens with zero attached hydrogens (tertiary/aromatic N) is 2. The van der Waals surface area contributed by atoms with Gasteiger partial charge in [-0.15, -0.1) is 5.10 Å². The summed E-state index contributed by atoms with van der Waals surface area (Å²) in [5.74, 6) is 1.11. The van der Waals surface area contributed by atoms with Gasteiger partial charge >= 0.3 is 0 Å². The average molecular weight is 209 g/mol. The molecule has 15 heavy (non-hydrogen) atoms. The molecular formula is C9H15N5O. The number of hydrogen-bond acceptors (Lipinski definition) is 4. The molecule has 1 aliphatic carbocycles. The van der Waals surface area contributed by atoms with Crippen molar-refractivity contribution in [1.29, 1.82) is 0 Å². The minimum Gasteiger partial charge on any atom is -0.345 e. The first kappa shape index (κ1) is 10.1. The van der Waals surface area contributed by atoms with Gasteiger partial charge in [-0.1, -0.05) is 0 Å². The molecule has 0 bridgehead atoms. The number of aryl methyl sites for hydroxylation is 1. The number of nitrogens with two attached hydrogens (primary N) is 1. The molecule has 0 aliphatic heterocycles. The lowest BCUT2D eigenvalue weighted by atomic mass is 10.2. The van der Waals surface area contributed by atoms with E-state index in [0.29, 0.717) is 18.3 Å². The van der Waals surface area contributed by atoms with Gasteiger partial charge < -0.3 is 11.1 Å². The van der Waals surface area contributed by atoms with E-state index in [1.807, 2.05) is 0 Å². The zero-order valence-corrected chi connectivity index (χ0v) is 8.66. The van der Waals surface area contributed by atoms with Crippen molar-refractivity contribution in [2.24, 2.45) is 11.7 Å². The molecule has 4 N–H and O–H groups in total. The van der Waals surface area contributed by atoms with Crippen molar-refractivity contribution < 1.29 is 4.79 Å². The fourth-order valence-corrected chi connectivity index (χ4v) is 1.55. The molecule has 1 saturated carbocycles. The van der Waals surface area contributed by atoms with E-state index in [1.165, 1.54) is 0 Å². The van der Waals surface area contributed by atoms with Crippen LogP contribution in [0.15, 0.2) is 0 Å². The largest absolute Gasteiger partial charge is 0.345 e. The summed E-state index contributed by atoms with van der Waals surface area (Å²) in [7, 11) is 0. The van der Waals surface area contributed by atoms with E-state index in [9.17, 15) is 4.79 Å². The third-order valence-electron chi connectivity index (χ3n) is 2.56. The van der Waals surface area contributed by atoms with Crippen LogP contribution in [0.4, 0.5) is 0 Å². The molecule has 1 fully saturated rings. The van der Waals surface area contributed by atoms with Gasteiger partial charge in [-0.3, -0.25) is 9.89 Å². The van der Waals surface area contributed by atoms with Gasteiger partial charge in [-0.25, -0.2) is 4.98 Å². The number of aromatic amines is 1. The molecular weight excluding hydrogens is 194 g/mol. The van der Waals surface area contributed by atoms with Gasteiger partial charge in [0, 0.05) is 12.6 Å². The molecule has 1 aromatic heterocycles. The molecule has 0 radical (unpaired) electrons. The van der Waals surface area contributed by atoms with Crippen LogP contribution in [0, 0.1) is 12.8 Å². The molecule has 2 rings (SSSR count). The number of carbonyl (C=O) groups is 1. The van der Waals surface area contributed by atoms with Crippen molar-refractivity contribution >= 4 is 5.91 Å². The number of nitrogens with one attached hydrogen (secondary N) is 2. The zero-order valence-electron chi connectivity index (χ0n) is 8.66. The smallest absolute Gasteiger partial charge is 0.291 e. The van der Waals surface area contributed by atoms with Crippen molar-refractivity contribution in [2.45, 2.75) is 25.8 Å². The second-order valence-corrected chi connectivity index (χ2v) is 3.90. The molecule has 1 atom stereocenters. The normalized spacial score (nSPS) is 17.5. The molecule has 1 amide bonds. The Bertz CT molecular complexity index is 357. The first-order valence-corrected chi connectivity index (χ1v) is 5.10. The first-order chi connectivity index (χ1) is 7.20. The van der Waals surface area contributed by atoms with Crippen LogP contribution < -0.4 is 11.1 Å². The highest BCUT2D eigenvalue weighted by atomic mass is 16.2. The summed E-state index contributed by atoms with van der Waals surface area (Å²) < 4.78 is 0. The summed E-state index contributed by atoms with van der Waals surface area (Å²) in [5.41, 5.74) is 5.58. The van der Waals surface area contributed by atoms with Gasteiger partial charge in [-0.2, -0.15) is 0 Å². The van der Waals surface area contributed by atoms with E-state index in [0.717, 1.165) is 12.8 Å². The third kappa shape index (κ3) is 2.33. The number of hydrogen-bond donors (Lipinski definition) is 3. The standard InChI is InChI=1S/C9H15N5O/c1-5-11-8(14-13-5)9(15)12-7(4-10)6-2-3-6/h6-7H,2-4,10H2,1H3,(H,12,15)(H,11,13,14). The van der Waals surface area contributed by atoms with E-state index in [4.69, 9.17) is 5.73 Å². The number of amides is 1. The summed E-state index contributed by atoms with van der Waals surface area (Å²) in [6.45, 7) is 2.23. The number of carbonyl (C=O) groups excluding carboxylic acids is 1. The molecule has 0 saturated heterocycles. The lowest BCUT2D eigenvalue weighted by Gasteiger charge is -2.14. The molecule has 0 spiro atoms. The second kappa shape index (κ2) is 3.98. The topological polar surface area (TPSA) is 96.7 Å². The Hall–Kier alpha value is -1.43. The lowest BCUT2D eigenvalue weighted by molar-refractivity contribution is 0.0923. The third-order valence-corrected chi connectivity index (χ3v) is 2.56. The van der Waals surface area contributed by atoms with Crippen LogP contribution >= 0.6 is 0 Å². The van der Waals surface area contributed by atoms with Crippen molar-refractivity contribution in [2.75, 3.05) is 6.54 Å². The van der Waals surface area contributed by atoms with E-state index in [2.05, 4.69) is 20.5 Å². The Morgan fingerprint density at radius 1 is 1.73 bits per heavy atom. The van der Waals surface area contributed by atoms with Crippen LogP contribution in [0.2, 0.25) is 0 Å². The van der Waals surface area contributed by atoms with Crippen molar-refractivity contribution in [3.8, 4) is 0 Å². The molecule has 6 heteroatoms. The Balaban J connectivity index is 1.96. The predicted octanol–water partition coefficient (Wildman–Crippen LogP) is -0.420. The van der Waals surface area contributed by atoms with Crippen molar-refractivity contribution in [3.63, 3.8) is 0 Å². The summed E-state index contributed by atoms with van der Waals surface area (Å²) in [5, 5.41) is 9.28. The quantitative estimate of drug-likeness (QED) is 0.627. The van der Waals surface area contributed by atoms with Gasteiger partial charge in [0.25, 0.3) is 5.91 Å². The van der Waals surface area contributed by atoms with Crippen molar-refractivity contribution in [3.05, 3.63) is 11.6 Å². The lowest BCUT2D eigenvalue weighted by Crippen LogP contribution is -2.42. The van der Waals surface area contributed by atoms with Gasteiger partial charge in [0.1, 0.15) is 5.82 Å². The Morgan fingerprint density at radius 2 is 2.47 bits per heavy atom. The van der Waals surface area contributed by atoms with Crippen LogP contribution in [0.3, 0.4) is 0 Å². The fraction of sp³-hybridized carbons (Fsp3) is 0.667. The molecule has 6 nitrogen and oxygen atoms in total. The molecule has 82 valence electrons. The molecule has 1 aliphatic rings. The Morgan fingerprint density at radius 3 is 2.93 bits per heavy atom. The SMILES string of the molecule is Cc1nc(C(=O)NC(CN)C2CC2)n[nH]1. The van der Waals surface area contributed by atoms with E-state index >= 15 is 0 Å². The number of H-pyrrole nitrogens is 1. The molecule has 0 aromatic carbocycles. The first-order valence-electron chi connectivity index (χ1n) is 5.10. The van der Waals surface area contributed by atoms with Crippen LogP contribution in [0.1, 0.15) is 29.3 Å². The van der Waals surface area contributed by atoms with Crippen LogP contribution in [0.25, 0.3) is 0 Å². The summed E-state index contributed by atoms with van der Waals surface area (Å²) >= 11 is 0. The van der Waals surface area contributed by atoms with Crippen LogP contribution in [0.5, 0.6) is 0 Å². The number of aromatic nitrogens is 3. The summed E-state index contributed by atoms with van der Waals surface area (Å²) in [6.07, 6.45) is 2.30. The predicted molar refractivity (Wildman–Crippen MR) is 54.2 cm³/mol. The minimum atomic E-state index is -0.248. The maximum absolute atomic E-state index is 11.6. The van der Waals surface area contributed by atoms with Gasteiger partial charge in [-0.05, 0) is 25.7 Å². The van der Waals surface area contributed by atoms with Gasteiger partial charge in [0.05, 0.1) is 0 Å². The van der Waals surface area contributed by atoms with Crippen LogP contribution in [-0.4, -0.2) is 33.7 Å². The summed E-state index contributed by atoms with van der Waals surface area (Å²) in [4.78, 5) is 15.6. The highest BCUT2D eigenvalue weighted by Crippen LogP contribution is 2.32. The molecule has 1 heterocycles. The highest BCUT2D eigenvalue weighted by molar-refractivity contribution is 5.90. The van der Waals surface area contributed by atoms with Crippen LogP contribution in [-0.2, 0) is 0 Å².